The number of carbonyl (C=O) groups excluding carboxylic acids is 2. The zero-order valence-corrected chi connectivity index (χ0v) is 11.9. The third-order valence-corrected chi connectivity index (χ3v) is 4.07. The molecule has 0 saturated heterocycles. The minimum Gasteiger partial charge on any atom is -0.469 e. The lowest BCUT2D eigenvalue weighted by Gasteiger charge is -2.21. The first-order valence-electron chi connectivity index (χ1n) is 7.14. The summed E-state index contributed by atoms with van der Waals surface area (Å²) in [5.74, 6) is -0.618. The van der Waals surface area contributed by atoms with Crippen molar-refractivity contribution in [2.75, 3.05) is 13.7 Å². The lowest BCUT2D eigenvalue weighted by molar-refractivity contribution is -0.140. The Morgan fingerprint density at radius 3 is 3.10 bits per heavy atom. The molecule has 5 heteroatoms. The van der Waals surface area contributed by atoms with Gasteiger partial charge in [-0.1, -0.05) is 12.1 Å². The van der Waals surface area contributed by atoms with Crippen LogP contribution in [0.15, 0.2) is 24.4 Å². The monoisotopic (exact) mass is 286 g/mol. The molecule has 1 aromatic heterocycles. The van der Waals surface area contributed by atoms with E-state index in [1.165, 1.54) is 12.7 Å². The third-order valence-electron chi connectivity index (χ3n) is 4.07. The van der Waals surface area contributed by atoms with Crippen LogP contribution in [0.5, 0.6) is 0 Å². The van der Waals surface area contributed by atoms with Gasteiger partial charge in [0, 0.05) is 30.1 Å². The van der Waals surface area contributed by atoms with Crippen molar-refractivity contribution in [1.29, 1.82) is 0 Å². The highest BCUT2D eigenvalue weighted by atomic mass is 16.5. The van der Waals surface area contributed by atoms with Crippen LogP contribution in [-0.4, -0.2) is 30.5 Å². The van der Waals surface area contributed by atoms with E-state index in [9.17, 15) is 9.59 Å². The molecule has 2 aromatic rings. The first kappa shape index (κ1) is 13.7. The van der Waals surface area contributed by atoms with Gasteiger partial charge in [-0.3, -0.25) is 9.59 Å². The number of esters is 1. The number of amides is 1. The second-order valence-corrected chi connectivity index (χ2v) is 5.29. The van der Waals surface area contributed by atoms with Crippen LogP contribution in [0.2, 0.25) is 0 Å². The Kier molecular flexibility index (Phi) is 3.64. The lowest BCUT2D eigenvalue weighted by atomic mass is 9.88. The number of rotatable bonds is 3. The summed E-state index contributed by atoms with van der Waals surface area (Å²) in [7, 11) is 1.37. The highest BCUT2D eigenvalue weighted by Gasteiger charge is 2.26. The number of carbonyl (C=O) groups is 2. The van der Waals surface area contributed by atoms with Crippen LogP contribution in [-0.2, 0) is 20.7 Å². The predicted molar refractivity (Wildman–Crippen MR) is 79.0 cm³/mol. The number of hydrogen-bond acceptors (Lipinski definition) is 3. The van der Waals surface area contributed by atoms with Gasteiger partial charge < -0.3 is 15.0 Å². The molecule has 110 valence electrons. The molecule has 2 heterocycles. The number of hydrogen-bond donors (Lipinski definition) is 2. The average molecular weight is 286 g/mol. The van der Waals surface area contributed by atoms with E-state index < -0.39 is 0 Å². The summed E-state index contributed by atoms with van der Waals surface area (Å²) in [6, 6.07) is 5.93. The average Bonchev–Trinajstić information content (AvgIpc) is 2.89. The van der Waals surface area contributed by atoms with E-state index >= 15 is 0 Å². The van der Waals surface area contributed by atoms with E-state index in [1.54, 1.807) is 0 Å². The summed E-state index contributed by atoms with van der Waals surface area (Å²) in [5.41, 5.74) is 3.24. The maximum Gasteiger partial charge on any atom is 0.305 e. The molecule has 5 nitrogen and oxygen atoms in total. The van der Waals surface area contributed by atoms with Gasteiger partial charge >= 0.3 is 5.97 Å². The number of ether oxygens (including phenoxy) is 1. The maximum atomic E-state index is 12.4. The van der Waals surface area contributed by atoms with Crippen LogP contribution in [0.3, 0.4) is 0 Å². The SMILES string of the molecule is COC(=O)CCC1C(=O)NCCc2c[nH]c3cccc1c23. The number of H-pyrrole nitrogens is 1. The van der Waals surface area contributed by atoms with Gasteiger partial charge in [0.1, 0.15) is 0 Å². The molecule has 2 N–H and O–H groups in total. The summed E-state index contributed by atoms with van der Waals surface area (Å²) in [6.07, 6.45) is 3.52. The highest BCUT2D eigenvalue weighted by molar-refractivity contribution is 5.94. The van der Waals surface area contributed by atoms with Gasteiger partial charge in [0.2, 0.25) is 5.91 Å². The molecule has 0 spiro atoms. The van der Waals surface area contributed by atoms with E-state index in [2.05, 4.69) is 15.0 Å². The number of methoxy groups -OCH3 is 1. The predicted octanol–water partition coefficient (Wildman–Crippen LogP) is 1.88. The quantitative estimate of drug-likeness (QED) is 0.846. The van der Waals surface area contributed by atoms with Gasteiger partial charge in [-0.05, 0) is 30.0 Å². The number of nitrogens with one attached hydrogen (secondary N) is 2. The Morgan fingerprint density at radius 2 is 2.29 bits per heavy atom. The minimum absolute atomic E-state index is 0.0155. The Hall–Kier alpha value is -2.30. The summed E-state index contributed by atoms with van der Waals surface area (Å²) in [4.78, 5) is 27.0. The van der Waals surface area contributed by atoms with Crippen molar-refractivity contribution in [3.05, 3.63) is 35.5 Å². The second-order valence-electron chi connectivity index (χ2n) is 5.29. The van der Waals surface area contributed by atoms with Gasteiger partial charge in [0.15, 0.2) is 0 Å². The molecule has 3 rings (SSSR count). The van der Waals surface area contributed by atoms with Crippen molar-refractivity contribution in [2.45, 2.75) is 25.2 Å². The van der Waals surface area contributed by atoms with Crippen molar-refractivity contribution in [3.8, 4) is 0 Å². The largest absolute Gasteiger partial charge is 0.469 e. The molecule has 1 aliphatic heterocycles. The first-order valence-corrected chi connectivity index (χ1v) is 7.14. The van der Waals surface area contributed by atoms with Crippen LogP contribution < -0.4 is 5.32 Å². The van der Waals surface area contributed by atoms with E-state index in [4.69, 9.17) is 0 Å². The normalized spacial score (nSPS) is 18.0. The Morgan fingerprint density at radius 1 is 1.43 bits per heavy atom. The Labute approximate surface area is 122 Å². The third kappa shape index (κ3) is 2.51. The van der Waals surface area contributed by atoms with Crippen LogP contribution in [0, 0.1) is 0 Å². The van der Waals surface area contributed by atoms with Crippen LogP contribution >= 0.6 is 0 Å². The maximum absolute atomic E-state index is 12.4. The molecule has 0 aliphatic carbocycles. The minimum atomic E-state index is -0.317. The molecule has 1 aliphatic rings. The van der Waals surface area contributed by atoms with Crippen LogP contribution in [0.1, 0.15) is 29.9 Å². The lowest BCUT2D eigenvalue weighted by Crippen LogP contribution is -2.32. The van der Waals surface area contributed by atoms with Crippen LogP contribution in [0.25, 0.3) is 10.9 Å². The molecule has 0 fully saturated rings. The Balaban J connectivity index is 2.03. The smallest absolute Gasteiger partial charge is 0.305 e. The second kappa shape index (κ2) is 5.60. The summed E-state index contributed by atoms with van der Waals surface area (Å²) >= 11 is 0. The van der Waals surface area contributed by atoms with Crippen molar-refractivity contribution >= 4 is 22.8 Å². The van der Waals surface area contributed by atoms with Gasteiger partial charge in [0.05, 0.1) is 13.0 Å². The first-order chi connectivity index (χ1) is 10.2. The summed E-state index contributed by atoms with van der Waals surface area (Å²) < 4.78 is 4.68. The van der Waals surface area contributed by atoms with E-state index in [0.717, 1.165) is 22.9 Å². The van der Waals surface area contributed by atoms with Crippen molar-refractivity contribution in [1.82, 2.24) is 10.3 Å². The summed E-state index contributed by atoms with van der Waals surface area (Å²) in [5, 5.41) is 4.07. The molecular weight excluding hydrogens is 268 g/mol. The molecule has 21 heavy (non-hydrogen) atoms. The molecule has 1 amide bonds. The molecule has 0 bridgehead atoms. The fourth-order valence-corrected chi connectivity index (χ4v) is 3.01. The number of benzene rings is 1. The van der Waals surface area contributed by atoms with E-state index in [0.29, 0.717) is 13.0 Å². The van der Waals surface area contributed by atoms with Crippen LogP contribution in [0.4, 0.5) is 0 Å². The topological polar surface area (TPSA) is 71.2 Å². The summed E-state index contributed by atoms with van der Waals surface area (Å²) in [6.45, 7) is 0.620. The van der Waals surface area contributed by atoms with Gasteiger partial charge in [-0.25, -0.2) is 0 Å². The van der Waals surface area contributed by atoms with E-state index in [1.807, 2.05) is 24.4 Å². The molecule has 0 saturated carbocycles. The van der Waals surface area contributed by atoms with Crippen molar-refractivity contribution in [2.24, 2.45) is 0 Å². The zero-order chi connectivity index (χ0) is 14.8. The van der Waals surface area contributed by atoms with E-state index in [-0.39, 0.29) is 24.2 Å². The van der Waals surface area contributed by atoms with Crippen molar-refractivity contribution in [3.63, 3.8) is 0 Å². The Bertz CT molecular complexity index is 690. The molecular formula is C16H18N2O3. The number of aromatic nitrogens is 1. The fraction of sp³-hybridized carbons (Fsp3) is 0.375. The number of aromatic amines is 1. The van der Waals surface area contributed by atoms with Crippen molar-refractivity contribution < 1.29 is 14.3 Å². The molecule has 1 aromatic carbocycles. The zero-order valence-electron chi connectivity index (χ0n) is 11.9. The highest BCUT2D eigenvalue weighted by Crippen LogP contribution is 2.32. The van der Waals surface area contributed by atoms with Gasteiger partial charge in [0.25, 0.3) is 0 Å². The van der Waals surface area contributed by atoms with Gasteiger partial charge in [-0.15, -0.1) is 0 Å². The fourth-order valence-electron chi connectivity index (χ4n) is 3.01. The van der Waals surface area contributed by atoms with Gasteiger partial charge in [-0.2, -0.15) is 0 Å². The molecule has 0 radical (unpaired) electrons. The molecule has 1 unspecified atom stereocenters. The molecule has 1 atom stereocenters. The standard InChI is InChI=1S/C16H18N2O3/c1-21-14(19)6-5-12-11-3-2-4-13-15(11)10(9-18-13)7-8-17-16(12)20/h2-4,9,12,18H,5-8H2,1H3,(H,17,20).